The van der Waals surface area contributed by atoms with Gasteiger partial charge in [-0.05, 0) is 42.5 Å². The van der Waals surface area contributed by atoms with Crippen LogP contribution < -0.4 is 0 Å². The molecule has 0 aromatic heterocycles. The molecule has 0 N–H and O–H groups in total. The Morgan fingerprint density at radius 3 is 2.65 bits per heavy atom. The zero-order valence-corrected chi connectivity index (χ0v) is 11.3. The lowest BCUT2D eigenvalue weighted by atomic mass is 9.87. The maximum Gasteiger partial charge on any atom is 0.279 e. The van der Waals surface area contributed by atoms with Crippen molar-refractivity contribution in [2.24, 2.45) is 0 Å². The van der Waals surface area contributed by atoms with Gasteiger partial charge in [-0.25, -0.2) is 0 Å². The summed E-state index contributed by atoms with van der Waals surface area (Å²) in [6.07, 6.45) is 3.87. The second kappa shape index (κ2) is 4.93. The lowest BCUT2D eigenvalue weighted by Gasteiger charge is -2.17. The van der Waals surface area contributed by atoms with Crippen molar-refractivity contribution >= 4 is 17.3 Å². The van der Waals surface area contributed by atoms with E-state index in [9.17, 15) is 10.1 Å². The highest BCUT2D eigenvalue weighted by molar-refractivity contribution is 5.88. The number of nitro benzene ring substituents is 1. The predicted molar refractivity (Wildman–Crippen MR) is 80.5 cm³/mol. The summed E-state index contributed by atoms with van der Waals surface area (Å²) >= 11 is 0. The van der Waals surface area contributed by atoms with Gasteiger partial charge in [-0.1, -0.05) is 42.5 Å². The number of para-hydroxylation sites is 1. The van der Waals surface area contributed by atoms with Gasteiger partial charge in [-0.15, -0.1) is 0 Å². The van der Waals surface area contributed by atoms with E-state index in [1.807, 2.05) is 24.3 Å². The molecule has 3 rings (SSSR count). The fourth-order valence-corrected chi connectivity index (χ4v) is 2.80. The third kappa shape index (κ3) is 2.11. The molecule has 1 aliphatic carbocycles. The highest BCUT2D eigenvalue weighted by atomic mass is 16.6. The minimum atomic E-state index is -0.272. The van der Waals surface area contributed by atoms with Crippen LogP contribution in [0.5, 0.6) is 0 Å². The Balaban J connectivity index is 2.14. The first-order valence-corrected chi connectivity index (χ1v) is 6.69. The number of allylic oxidation sites excluding steroid dienone is 1. The Labute approximate surface area is 117 Å². The molecular formula is C17H15NO2. The van der Waals surface area contributed by atoms with Crippen molar-refractivity contribution in [3.63, 3.8) is 0 Å². The minimum absolute atomic E-state index is 0.234. The number of nitrogens with zero attached hydrogens (tertiary/aromatic N) is 1. The number of aryl methyl sites for hydroxylation is 2. The van der Waals surface area contributed by atoms with E-state index in [0.717, 1.165) is 24.0 Å². The highest BCUT2D eigenvalue weighted by Gasteiger charge is 2.21. The van der Waals surface area contributed by atoms with E-state index >= 15 is 0 Å². The molecule has 0 bridgehead atoms. The molecule has 3 heteroatoms. The van der Waals surface area contributed by atoms with Crippen molar-refractivity contribution in [2.75, 3.05) is 0 Å². The van der Waals surface area contributed by atoms with Crippen LogP contribution in [0.4, 0.5) is 5.69 Å². The first-order chi connectivity index (χ1) is 9.66. The Morgan fingerprint density at radius 1 is 1.05 bits per heavy atom. The fraction of sp³-hybridized carbons (Fsp3) is 0.176. The standard InChI is InChI=1S/C17H15NO2/c1-12-5-4-8-16(17(12)18(19)20)15-10-9-13-6-2-3-7-14(13)11-15/h2-8,11H,9-10H2,1H3. The number of nitro groups is 1. The SMILES string of the molecule is Cc1cccc(C2=Cc3ccccc3CC2)c1[N+](=O)[O-]. The number of benzene rings is 2. The van der Waals surface area contributed by atoms with Crippen LogP contribution in [0.2, 0.25) is 0 Å². The molecule has 0 heterocycles. The van der Waals surface area contributed by atoms with E-state index in [-0.39, 0.29) is 10.6 Å². The van der Waals surface area contributed by atoms with Crippen LogP contribution in [0.15, 0.2) is 42.5 Å². The molecule has 1 aliphatic rings. The molecule has 0 fully saturated rings. The highest BCUT2D eigenvalue weighted by Crippen LogP contribution is 2.36. The monoisotopic (exact) mass is 265 g/mol. The van der Waals surface area contributed by atoms with Crippen LogP contribution in [-0.4, -0.2) is 4.92 Å². The van der Waals surface area contributed by atoms with E-state index in [1.54, 1.807) is 13.0 Å². The molecule has 0 unspecified atom stereocenters. The Bertz CT molecular complexity index is 717. The maximum atomic E-state index is 11.3. The number of hydrogen-bond acceptors (Lipinski definition) is 2. The first kappa shape index (κ1) is 12.6. The van der Waals surface area contributed by atoms with Gasteiger partial charge in [0.1, 0.15) is 0 Å². The lowest BCUT2D eigenvalue weighted by molar-refractivity contribution is -0.385. The third-order valence-electron chi connectivity index (χ3n) is 3.81. The second-order valence-corrected chi connectivity index (χ2v) is 5.10. The summed E-state index contributed by atoms with van der Waals surface area (Å²) < 4.78 is 0. The van der Waals surface area contributed by atoms with Crippen molar-refractivity contribution in [1.29, 1.82) is 0 Å². The third-order valence-corrected chi connectivity index (χ3v) is 3.81. The smallest absolute Gasteiger partial charge is 0.258 e. The van der Waals surface area contributed by atoms with E-state index < -0.39 is 0 Å². The van der Waals surface area contributed by atoms with Crippen LogP contribution in [0.1, 0.15) is 28.7 Å². The van der Waals surface area contributed by atoms with Crippen molar-refractivity contribution in [3.8, 4) is 0 Å². The molecule has 0 aliphatic heterocycles. The molecule has 100 valence electrons. The summed E-state index contributed by atoms with van der Waals surface area (Å²) in [4.78, 5) is 11.0. The molecule has 2 aromatic carbocycles. The van der Waals surface area contributed by atoms with Gasteiger partial charge >= 0.3 is 0 Å². The molecule has 0 radical (unpaired) electrons. The van der Waals surface area contributed by atoms with E-state index in [1.165, 1.54) is 11.1 Å². The summed E-state index contributed by atoms with van der Waals surface area (Å²) in [5, 5.41) is 11.3. The van der Waals surface area contributed by atoms with Gasteiger partial charge in [0, 0.05) is 5.56 Å². The Kier molecular flexibility index (Phi) is 3.11. The summed E-state index contributed by atoms with van der Waals surface area (Å²) in [6.45, 7) is 1.79. The normalized spacial score (nSPS) is 13.6. The summed E-state index contributed by atoms with van der Waals surface area (Å²) in [7, 11) is 0. The number of rotatable bonds is 2. The average Bonchev–Trinajstić information content (AvgIpc) is 2.46. The molecule has 0 saturated heterocycles. The molecule has 2 aromatic rings. The van der Waals surface area contributed by atoms with Crippen molar-refractivity contribution in [1.82, 2.24) is 0 Å². The van der Waals surface area contributed by atoms with Gasteiger partial charge in [0.15, 0.2) is 0 Å². The average molecular weight is 265 g/mol. The van der Waals surface area contributed by atoms with Crippen LogP contribution in [0.25, 0.3) is 11.6 Å². The van der Waals surface area contributed by atoms with Gasteiger partial charge in [0.2, 0.25) is 0 Å². The van der Waals surface area contributed by atoms with Crippen molar-refractivity contribution < 1.29 is 4.92 Å². The molecule has 20 heavy (non-hydrogen) atoms. The first-order valence-electron chi connectivity index (χ1n) is 6.69. The molecular weight excluding hydrogens is 250 g/mol. The molecule has 0 saturated carbocycles. The van der Waals surface area contributed by atoms with Gasteiger partial charge < -0.3 is 0 Å². The molecule has 0 atom stereocenters. The van der Waals surface area contributed by atoms with E-state index in [2.05, 4.69) is 18.2 Å². The largest absolute Gasteiger partial charge is 0.279 e. The van der Waals surface area contributed by atoms with Gasteiger partial charge in [-0.3, -0.25) is 10.1 Å². The summed E-state index contributed by atoms with van der Waals surface area (Å²) in [5.74, 6) is 0. The minimum Gasteiger partial charge on any atom is -0.258 e. The second-order valence-electron chi connectivity index (χ2n) is 5.10. The van der Waals surface area contributed by atoms with Crippen molar-refractivity contribution in [3.05, 3.63) is 74.8 Å². The van der Waals surface area contributed by atoms with Gasteiger partial charge in [0.05, 0.1) is 10.5 Å². The zero-order chi connectivity index (χ0) is 14.1. The van der Waals surface area contributed by atoms with E-state index in [0.29, 0.717) is 5.56 Å². The Hall–Kier alpha value is -2.42. The van der Waals surface area contributed by atoms with Gasteiger partial charge in [0.25, 0.3) is 5.69 Å². The predicted octanol–water partition coefficient (Wildman–Crippen LogP) is 4.39. The molecule has 3 nitrogen and oxygen atoms in total. The fourth-order valence-electron chi connectivity index (χ4n) is 2.80. The van der Waals surface area contributed by atoms with Crippen LogP contribution >= 0.6 is 0 Å². The lowest BCUT2D eigenvalue weighted by Crippen LogP contribution is -2.02. The van der Waals surface area contributed by atoms with Crippen LogP contribution in [0.3, 0.4) is 0 Å². The van der Waals surface area contributed by atoms with Gasteiger partial charge in [-0.2, -0.15) is 0 Å². The Morgan fingerprint density at radius 2 is 1.85 bits per heavy atom. The van der Waals surface area contributed by atoms with E-state index in [4.69, 9.17) is 0 Å². The van der Waals surface area contributed by atoms with Crippen molar-refractivity contribution in [2.45, 2.75) is 19.8 Å². The topological polar surface area (TPSA) is 43.1 Å². The quantitative estimate of drug-likeness (QED) is 0.597. The summed E-state index contributed by atoms with van der Waals surface area (Å²) in [5.41, 5.74) is 5.24. The summed E-state index contributed by atoms with van der Waals surface area (Å²) in [6, 6.07) is 13.8. The van der Waals surface area contributed by atoms with Crippen LogP contribution in [-0.2, 0) is 6.42 Å². The zero-order valence-electron chi connectivity index (χ0n) is 11.3. The number of hydrogen-bond donors (Lipinski definition) is 0. The van der Waals surface area contributed by atoms with Crippen LogP contribution in [0, 0.1) is 17.0 Å². The molecule has 0 spiro atoms. The maximum absolute atomic E-state index is 11.3. The molecule has 0 amide bonds. The number of fused-ring (bicyclic) bond motifs is 1.